The van der Waals surface area contributed by atoms with Crippen LogP contribution in [0.15, 0.2) is 22.7 Å². The molecule has 0 N–H and O–H groups in total. The van der Waals surface area contributed by atoms with Crippen LogP contribution in [0.5, 0.6) is 0 Å². The molecule has 84 valence electrons. The normalized spacial score (nSPS) is 10.8. The van der Waals surface area contributed by atoms with E-state index in [1.807, 2.05) is 0 Å². The Morgan fingerprint density at radius 1 is 1.19 bits per heavy atom. The molecule has 0 saturated heterocycles. The van der Waals surface area contributed by atoms with E-state index in [0.29, 0.717) is 0 Å². The Hall–Kier alpha value is -1.49. The number of aromatic nitrogens is 1. The highest BCUT2D eigenvalue weighted by Gasteiger charge is 2.17. The summed E-state index contributed by atoms with van der Waals surface area (Å²) in [7, 11) is 0. The van der Waals surface area contributed by atoms with Crippen molar-refractivity contribution in [3.63, 3.8) is 0 Å². The molecule has 0 aliphatic carbocycles. The Labute approximate surface area is 93.7 Å². The molecule has 0 saturated carbocycles. The van der Waals surface area contributed by atoms with E-state index in [4.69, 9.17) is 16.0 Å². The van der Waals surface area contributed by atoms with Crippen molar-refractivity contribution in [2.24, 2.45) is 0 Å². The maximum absolute atomic E-state index is 13.3. The van der Waals surface area contributed by atoms with Crippen LogP contribution in [0, 0.1) is 17.5 Å². The van der Waals surface area contributed by atoms with Crippen LogP contribution < -0.4 is 0 Å². The van der Waals surface area contributed by atoms with E-state index in [1.165, 1.54) is 6.20 Å². The second-order valence-corrected chi connectivity index (χ2v) is 3.24. The van der Waals surface area contributed by atoms with E-state index in [1.54, 1.807) is 0 Å². The highest BCUT2D eigenvalue weighted by molar-refractivity contribution is 6.16. The Morgan fingerprint density at radius 2 is 1.94 bits per heavy atom. The van der Waals surface area contributed by atoms with Gasteiger partial charge in [0.05, 0.1) is 17.6 Å². The smallest absolute Gasteiger partial charge is 0.209 e. The van der Waals surface area contributed by atoms with Crippen molar-refractivity contribution in [2.45, 2.75) is 5.88 Å². The van der Waals surface area contributed by atoms with Crippen LogP contribution in [0.1, 0.15) is 5.89 Å². The van der Waals surface area contributed by atoms with Gasteiger partial charge in [-0.15, -0.1) is 11.6 Å². The topological polar surface area (TPSA) is 26.0 Å². The molecule has 0 aliphatic heterocycles. The second kappa shape index (κ2) is 4.17. The number of hydrogen-bond donors (Lipinski definition) is 0. The number of alkyl halides is 1. The van der Waals surface area contributed by atoms with Crippen LogP contribution in [0.3, 0.4) is 0 Å². The summed E-state index contributed by atoms with van der Waals surface area (Å²) in [5, 5.41) is 0. The molecule has 16 heavy (non-hydrogen) atoms. The van der Waals surface area contributed by atoms with Gasteiger partial charge in [-0.1, -0.05) is 0 Å². The van der Waals surface area contributed by atoms with Crippen molar-refractivity contribution in [2.75, 3.05) is 0 Å². The van der Waals surface area contributed by atoms with E-state index in [-0.39, 0.29) is 23.1 Å². The fourth-order valence-corrected chi connectivity index (χ4v) is 1.34. The van der Waals surface area contributed by atoms with Crippen molar-refractivity contribution in [3.8, 4) is 11.3 Å². The summed E-state index contributed by atoms with van der Waals surface area (Å²) in [6.07, 6.45) is 1.20. The predicted molar refractivity (Wildman–Crippen MR) is 51.4 cm³/mol. The standard InChI is InChI=1S/C10H5ClF3NO/c11-3-8-15-4-7(16-8)5-1-2-6(12)10(14)9(5)13/h1-2,4H,3H2. The monoisotopic (exact) mass is 247 g/mol. The van der Waals surface area contributed by atoms with Gasteiger partial charge in [0.1, 0.15) is 0 Å². The summed E-state index contributed by atoms with van der Waals surface area (Å²) in [5.41, 5.74) is -0.192. The summed E-state index contributed by atoms with van der Waals surface area (Å²) >= 11 is 5.44. The van der Waals surface area contributed by atoms with Gasteiger partial charge >= 0.3 is 0 Å². The third kappa shape index (κ3) is 1.78. The Kier molecular flexibility index (Phi) is 2.87. The third-order valence-corrected chi connectivity index (χ3v) is 2.20. The minimum absolute atomic E-state index is 0.00653. The Bertz CT molecular complexity index is 527. The van der Waals surface area contributed by atoms with Gasteiger partial charge in [0.2, 0.25) is 5.89 Å². The molecule has 0 bridgehead atoms. The van der Waals surface area contributed by atoms with E-state index in [0.717, 1.165) is 12.1 Å². The molecule has 2 rings (SSSR count). The summed E-state index contributed by atoms with van der Waals surface area (Å²) in [6.45, 7) is 0. The van der Waals surface area contributed by atoms with Crippen LogP contribution in [-0.4, -0.2) is 4.98 Å². The fourth-order valence-electron chi connectivity index (χ4n) is 1.21. The number of oxazole rings is 1. The molecule has 1 aromatic heterocycles. The van der Waals surface area contributed by atoms with Gasteiger partial charge in [0.15, 0.2) is 23.2 Å². The van der Waals surface area contributed by atoms with Crippen LogP contribution in [0.2, 0.25) is 0 Å². The molecule has 0 unspecified atom stereocenters. The highest BCUT2D eigenvalue weighted by Crippen LogP contribution is 2.26. The summed E-state index contributed by atoms with van der Waals surface area (Å²) in [5.74, 6) is -3.89. The average Bonchev–Trinajstić information content (AvgIpc) is 2.74. The van der Waals surface area contributed by atoms with Crippen molar-refractivity contribution in [1.82, 2.24) is 4.98 Å². The van der Waals surface area contributed by atoms with Gasteiger partial charge in [0.25, 0.3) is 0 Å². The summed E-state index contributed by atoms with van der Waals surface area (Å²) < 4.78 is 43.9. The molecule has 0 atom stereocenters. The predicted octanol–water partition coefficient (Wildman–Crippen LogP) is 3.50. The first kappa shape index (κ1) is 11.0. The molecule has 6 heteroatoms. The quantitative estimate of drug-likeness (QED) is 0.600. The molecule has 0 fully saturated rings. The lowest BCUT2D eigenvalue weighted by atomic mass is 10.1. The zero-order valence-corrected chi connectivity index (χ0v) is 8.56. The minimum Gasteiger partial charge on any atom is -0.439 e. The van der Waals surface area contributed by atoms with Crippen LogP contribution in [-0.2, 0) is 5.88 Å². The summed E-state index contributed by atoms with van der Waals surface area (Å²) in [6, 6.07) is 1.89. The van der Waals surface area contributed by atoms with Gasteiger partial charge in [-0.2, -0.15) is 0 Å². The molecule has 0 spiro atoms. The number of benzene rings is 1. The molecular weight excluding hydrogens is 243 g/mol. The average molecular weight is 248 g/mol. The molecule has 2 aromatic rings. The lowest BCUT2D eigenvalue weighted by Gasteiger charge is -2.00. The van der Waals surface area contributed by atoms with E-state index in [2.05, 4.69) is 4.98 Å². The van der Waals surface area contributed by atoms with Crippen LogP contribution in [0.4, 0.5) is 13.2 Å². The first-order valence-corrected chi connectivity index (χ1v) is 4.81. The van der Waals surface area contributed by atoms with E-state index < -0.39 is 17.5 Å². The zero-order valence-electron chi connectivity index (χ0n) is 7.81. The van der Waals surface area contributed by atoms with Crippen LogP contribution >= 0.6 is 11.6 Å². The van der Waals surface area contributed by atoms with Crippen molar-refractivity contribution < 1.29 is 17.6 Å². The van der Waals surface area contributed by atoms with Gasteiger partial charge < -0.3 is 4.42 Å². The first-order chi connectivity index (χ1) is 7.63. The molecule has 1 heterocycles. The number of halogens is 4. The number of nitrogens with zero attached hydrogens (tertiary/aromatic N) is 1. The number of rotatable bonds is 2. The minimum atomic E-state index is -1.54. The lowest BCUT2D eigenvalue weighted by Crippen LogP contribution is -1.92. The molecular formula is C10H5ClF3NO. The lowest BCUT2D eigenvalue weighted by molar-refractivity contribution is 0.445. The second-order valence-electron chi connectivity index (χ2n) is 2.97. The van der Waals surface area contributed by atoms with Gasteiger partial charge in [-0.25, -0.2) is 18.2 Å². The summed E-state index contributed by atoms with van der Waals surface area (Å²) in [4.78, 5) is 3.72. The Morgan fingerprint density at radius 3 is 2.56 bits per heavy atom. The van der Waals surface area contributed by atoms with Gasteiger partial charge in [0, 0.05) is 0 Å². The van der Waals surface area contributed by atoms with Gasteiger partial charge in [-0.3, -0.25) is 0 Å². The van der Waals surface area contributed by atoms with E-state index in [9.17, 15) is 13.2 Å². The van der Waals surface area contributed by atoms with Crippen molar-refractivity contribution >= 4 is 11.6 Å². The SMILES string of the molecule is Fc1ccc(-c2cnc(CCl)o2)c(F)c1F. The fraction of sp³-hybridized carbons (Fsp3) is 0.100. The molecule has 1 aromatic carbocycles. The third-order valence-electron chi connectivity index (χ3n) is 1.97. The van der Waals surface area contributed by atoms with E-state index >= 15 is 0 Å². The molecule has 0 radical (unpaired) electrons. The van der Waals surface area contributed by atoms with Crippen molar-refractivity contribution in [3.05, 3.63) is 41.7 Å². The molecule has 0 amide bonds. The number of hydrogen-bond acceptors (Lipinski definition) is 2. The first-order valence-electron chi connectivity index (χ1n) is 4.28. The maximum Gasteiger partial charge on any atom is 0.209 e. The maximum atomic E-state index is 13.3. The highest BCUT2D eigenvalue weighted by atomic mass is 35.5. The molecule has 0 aliphatic rings. The zero-order chi connectivity index (χ0) is 11.7. The largest absolute Gasteiger partial charge is 0.439 e. The van der Waals surface area contributed by atoms with Crippen LogP contribution in [0.25, 0.3) is 11.3 Å². The van der Waals surface area contributed by atoms with Crippen molar-refractivity contribution in [1.29, 1.82) is 0 Å². The molecule has 2 nitrogen and oxygen atoms in total. The van der Waals surface area contributed by atoms with Gasteiger partial charge in [-0.05, 0) is 12.1 Å². The Balaban J connectivity index is 2.52.